The standard InChI is InChI=1S/C9H11N5/c1-6-3-2-4-7(5-6)8-11-9(12-10)14-13-8/h2-5H,10H2,1H3,(H2,11,12,13,14). The molecule has 0 bridgehead atoms. The van der Waals surface area contributed by atoms with Gasteiger partial charge >= 0.3 is 0 Å². The van der Waals surface area contributed by atoms with Crippen molar-refractivity contribution in [1.82, 2.24) is 15.2 Å². The third-order valence-corrected chi connectivity index (χ3v) is 1.91. The molecule has 2 aromatic rings. The van der Waals surface area contributed by atoms with Crippen LogP contribution in [-0.2, 0) is 0 Å². The summed E-state index contributed by atoms with van der Waals surface area (Å²) in [6.45, 7) is 2.03. The molecule has 0 atom stereocenters. The molecule has 4 N–H and O–H groups in total. The Hall–Kier alpha value is -1.88. The van der Waals surface area contributed by atoms with E-state index in [2.05, 4.69) is 20.6 Å². The average Bonchev–Trinajstić information content (AvgIpc) is 2.66. The van der Waals surface area contributed by atoms with Gasteiger partial charge in [-0.25, -0.2) is 5.84 Å². The molecule has 0 unspecified atom stereocenters. The zero-order valence-corrected chi connectivity index (χ0v) is 7.78. The fourth-order valence-corrected chi connectivity index (χ4v) is 1.25. The first-order chi connectivity index (χ1) is 6.79. The molecule has 5 nitrogen and oxygen atoms in total. The van der Waals surface area contributed by atoms with E-state index >= 15 is 0 Å². The lowest BCUT2D eigenvalue weighted by molar-refractivity contribution is 1.08. The minimum Gasteiger partial charge on any atom is -0.291 e. The molecule has 0 fully saturated rings. The molecule has 1 aromatic heterocycles. The zero-order valence-electron chi connectivity index (χ0n) is 7.78. The number of rotatable bonds is 2. The third-order valence-electron chi connectivity index (χ3n) is 1.91. The number of hydrogen-bond acceptors (Lipinski definition) is 4. The van der Waals surface area contributed by atoms with E-state index in [4.69, 9.17) is 5.84 Å². The minimum atomic E-state index is 0.390. The number of anilines is 1. The Balaban J connectivity index is 2.39. The topological polar surface area (TPSA) is 79.6 Å². The van der Waals surface area contributed by atoms with Crippen molar-refractivity contribution in [3.05, 3.63) is 29.8 Å². The Labute approximate surface area is 81.3 Å². The van der Waals surface area contributed by atoms with Crippen LogP contribution in [0.5, 0.6) is 0 Å². The Bertz CT molecular complexity index is 434. The van der Waals surface area contributed by atoms with E-state index in [0.717, 1.165) is 5.56 Å². The lowest BCUT2D eigenvalue weighted by atomic mass is 10.1. The van der Waals surface area contributed by atoms with E-state index < -0.39 is 0 Å². The van der Waals surface area contributed by atoms with E-state index in [9.17, 15) is 0 Å². The van der Waals surface area contributed by atoms with Gasteiger partial charge in [0.25, 0.3) is 5.95 Å². The molecular formula is C9H11N5. The molecule has 5 heteroatoms. The van der Waals surface area contributed by atoms with Crippen molar-refractivity contribution in [2.45, 2.75) is 6.92 Å². The van der Waals surface area contributed by atoms with Crippen LogP contribution in [0.4, 0.5) is 5.95 Å². The monoisotopic (exact) mass is 189 g/mol. The van der Waals surface area contributed by atoms with Crippen LogP contribution in [0.1, 0.15) is 5.56 Å². The molecular weight excluding hydrogens is 178 g/mol. The fourth-order valence-electron chi connectivity index (χ4n) is 1.25. The maximum atomic E-state index is 5.18. The Morgan fingerprint density at radius 2 is 2.29 bits per heavy atom. The molecule has 0 saturated carbocycles. The number of aromatic nitrogens is 3. The van der Waals surface area contributed by atoms with Crippen molar-refractivity contribution in [1.29, 1.82) is 0 Å². The molecule has 0 aliphatic rings. The number of aryl methyl sites for hydroxylation is 1. The predicted octanol–water partition coefficient (Wildman–Crippen LogP) is 1.07. The normalized spacial score (nSPS) is 10.1. The van der Waals surface area contributed by atoms with E-state index in [1.807, 2.05) is 31.2 Å². The Kier molecular flexibility index (Phi) is 2.16. The van der Waals surface area contributed by atoms with Gasteiger partial charge < -0.3 is 0 Å². The molecule has 2 rings (SSSR count). The largest absolute Gasteiger partial charge is 0.291 e. The average molecular weight is 189 g/mol. The summed E-state index contributed by atoms with van der Waals surface area (Å²) < 4.78 is 0. The Morgan fingerprint density at radius 3 is 2.93 bits per heavy atom. The van der Waals surface area contributed by atoms with Gasteiger partial charge in [0.2, 0.25) is 0 Å². The van der Waals surface area contributed by atoms with Gasteiger partial charge in [-0.1, -0.05) is 23.8 Å². The quantitative estimate of drug-likeness (QED) is 0.487. The summed E-state index contributed by atoms with van der Waals surface area (Å²) >= 11 is 0. The molecule has 1 heterocycles. The van der Waals surface area contributed by atoms with Crippen LogP contribution in [0.2, 0.25) is 0 Å². The SMILES string of the molecule is Cc1cccc(-c2nc(NN)n[nH]2)c1. The van der Waals surface area contributed by atoms with Crippen LogP contribution in [0, 0.1) is 6.92 Å². The van der Waals surface area contributed by atoms with Gasteiger partial charge in [0.15, 0.2) is 5.82 Å². The molecule has 72 valence electrons. The minimum absolute atomic E-state index is 0.390. The highest BCUT2D eigenvalue weighted by Gasteiger charge is 2.03. The molecule has 0 saturated heterocycles. The number of nitrogens with zero attached hydrogens (tertiary/aromatic N) is 2. The molecule has 0 spiro atoms. The summed E-state index contributed by atoms with van der Waals surface area (Å²) in [5.74, 6) is 6.28. The maximum Gasteiger partial charge on any atom is 0.256 e. The van der Waals surface area contributed by atoms with Gasteiger partial charge in [-0.3, -0.25) is 10.5 Å². The van der Waals surface area contributed by atoms with Crippen LogP contribution in [0.25, 0.3) is 11.4 Å². The highest BCUT2D eigenvalue weighted by Crippen LogP contribution is 2.16. The number of H-pyrrole nitrogens is 1. The van der Waals surface area contributed by atoms with E-state index in [-0.39, 0.29) is 0 Å². The predicted molar refractivity (Wildman–Crippen MR) is 54.4 cm³/mol. The van der Waals surface area contributed by atoms with Gasteiger partial charge in [-0.15, -0.1) is 5.10 Å². The number of hydrogen-bond donors (Lipinski definition) is 3. The lowest BCUT2D eigenvalue weighted by Crippen LogP contribution is -2.07. The summed E-state index contributed by atoms with van der Waals surface area (Å²) in [4.78, 5) is 4.14. The molecule has 0 aliphatic carbocycles. The van der Waals surface area contributed by atoms with Gasteiger partial charge in [0.05, 0.1) is 0 Å². The number of benzene rings is 1. The van der Waals surface area contributed by atoms with Crippen LogP contribution in [0.3, 0.4) is 0 Å². The summed E-state index contributed by atoms with van der Waals surface area (Å²) in [6.07, 6.45) is 0. The first kappa shape index (κ1) is 8.71. The van der Waals surface area contributed by atoms with Crippen molar-refractivity contribution in [2.75, 3.05) is 5.43 Å². The smallest absolute Gasteiger partial charge is 0.256 e. The molecule has 0 amide bonds. The van der Waals surface area contributed by atoms with Crippen LogP contribution >= 0.6 is 0 Å². The van der Waals surface area contributed by atoms with Gasteiger partial charge in [-0.2, -0.15) is 4.98 Å². The summed E-state index contributed by atoms with van der Waals surface area (Å²) in [6, 6.07) is 8.00. The van der Waals surface area contributed by atoms with Crippen molar-refractivity contribution in [2.24, 2.45) is 5.84 Å². The van der Waals surface area contributed by atoms with Gasteiger partial charge in [-0.05, 0) is 13.0 Å². The second-order valence-corrected chi connectivity index (χ2v) is 3.02. The summed E-state index contributed by atoms with van der Waals surface area (Å²) in [5, 5.41) is 6.67. The third kappa shape index (κ3) is 1.57. The zero-order chi connectivity index (χ0) is 9.97. The molecule has 0 aliphatic heterocycles. The summed E-state index contributed by atoms with van der Waals surface area (Å²) in [7, 11) is 0. The van der Waals surface area contributed by atoms with Crippen molar-refractivity contribution in [3.8, 4) is 11.4 Å². The van der Waals surface area contributed by atoms with Crippen molar-refractivity contribution >= 4 is 5.95 Å². The lowest BCUT2D eigenvalue weighted by Gasteiger charge is -1.96. The van der Waals surface area contributed by atoms with E-state index in [1.54, 1.807) is 0 Å². The number of hydrazine groups is 1. The number of nitrogens with one attached hydrogen (secondary N) is 2. The van der Waals surface area contributed by atoms with Crippen LogP contribution < -0.4 is 11.3 Å². The second-order valence-electron chi connectivity index (χ2n) is 3.02. The highest BCUT2D eigenvalue weighted by atomic mass is 15.4. The van der Waals surface area contributed by atoms with Crippen molar-refractivity contribution in [3.63, 3.8) is 0 Å². The van der Waals surface area contributed by atoms with E-state index in [1.165, 1.54) is 5.56 Å². The molecule has 14 heavy (non-hydrogen) atoms. The number of aromatic amines is 1. The highest BCUT2D eigenvalue weighted by molar-refractivity contribution is 5.56. The second kappa shape index (κ2) is 3.47. The maximum absolute atomic E-state index is 5.18. The Morgan fingerprint density at radius 1 is 1.43 bits per heavy atom. The number of nitrogens with two attached hydrogens (primary N) is 1. The first-order valence-corrected chi connectivity index (χ1v) is 4.25. The van der Waals surface area contributed by atoms with Gasteiger partial charge in [0, 0.05) is 5.56 Å². The van der Waals surface area contributed by atoms with Crippen LogP contribution in [0.15, 0.2) is 24.3 Å². The fraction of sp³-hybridized carbons (Fsp3) is 0.111. The van der Waals surface area contributed by atoms with Gasteiger partial charge in [0.1, 0.15) is 0 Å². The van der Waals surface area contributed by atoms with Crippen LogP contribution in [-0.4, -0.2) is 15.2 Å². The summed E-state index contributed by atoms with van der Waals surface area (Å²) in [5.41, 5.74) is 4.56. The van der Waals surface area contributed by atoms with E-state index in [0.29, 0.717) is 11.8 Å². The first-order valence-electron chi connectivity index (χ1n) is 4.25. The van der Waals surface area contributed by atoms with Crippen molar-refractivity contribution < 1.29 is 0 Å². The molecule has 1 aromatic carbocycles. The number of nitrogen functional groups attached to an aromatic ring is 1. The molecule has 0 radical (unpaired) electrons.